The second-order valence-electron chi connectivity index (χ2n) is 1.98. The topological polar surface area (TPSA) is 23.8 Å². The highest BCUT2D eigenvalue weighted by molar-refractivity contribution is 4.94. The van der Waals surface area contributed by atoms with Crippen molar-refractivity contribution in [3.05, 3.63) is 11.6 Å². The number of hydrogen-bond acceptors (Lipinski definition) is 1. The summed E-state index contributed by atoms with van der Waals surface area (Å²) in [6.45, 7) is 4.08. The van der Waals surface area contributed by atoms with E-state index in [9.17, 15) is 0 Å². The minimum atomic E-state index is 0.644. The first kappa shape index (κ1) is 7.23. The van der Waals surface area contributed by atoms with Crippen molar-refractivity contribution in [2.45, 2.75) is 26.7 Å². The van der Waals surface area contributed by atoms with Crippen LogP contribution in [0, 0.1) is 11.3 Å². The summed E-state index contributed by atoms with van der Waals surface area (Å²) in [5.41, 5.74) is 1.29. The Labute approximate surface area is 50.6 Å². The molecule has 0 amide bonds. The zero-order valence-corrected chi connectivity index (χ0v) is 5.44. The molecule has 0 spiro atoms. The van der Waals surface area contributed by atoms with Crippen LogP contribution in [0.4, 0.5) is 0 Å². The third-order valence-corrected chi connectivity index (χ3v) is 0.809. The second-order valence-corrected chi connectivity index (χ2v) is 1.98. The molecule has 0 aliphatic carbocycles. The highest BCUT2D eigenvalue weighted by Crippen LogP contribution is 1.94. The van der Waals surface area contributed by atoms with Crippen LogP contribution in [0.15, 0.2) is 11.6 Å². The smallest absolute Gasteiger partial charge is 0.0625 e. The Balaban J connectivity index is 3.20. The van der Waals surface area contributed by atoms with E-state index in [2.05, 4.69) is 12.1 Å². The number of rotatable bonds is 2. The standard InChI is InChI=1S/C7H11N/c1-7(2)5-3-4-6-8/h5H,3-4H2,1-2H3/i3+1,4+1,5+1,6+1. The van der Waals surface area contributed by atoms with Crippen LogP contribution in [0.25, 0.3) is 0 Å². The van der Waals surface area contributed by atoms with Gasteiger partial charge in [-0.25, -0.2) is 0 Å². The van der Waals surface area contributed by atoms with Crippen molar-refractivity contribution in [2.75, 3.05) is 0 Å². The predicted octanol–water partition coefficient (Wildman–Crippen LogP) is 2.26. The molecule has 1 nitrogen and oxygen atoms in total. The van der Waals surface area contributed by atoms with Gasteiger partial charge in [-0.3, -0.25) is 0 Å². The van der Waals surface area contributed by atoms with Crippen LogP contribution >= 0.6 is 0 Å². The summed E-state index contributed by atoms with van der Waals surface area (Å²) in [5.74, 6) is 0. The van der Waals surface area contributed by atoms with E-state index in [1.807, 2.05) is 13.8 Å². The van der Waals surface area contributed by atoms with Gasteiger partial charge in [-0.1, -0.05) is 11.6 Å². The van der Waals surface area contributed by atoms with Crippen LogP contribution < -0.4 is 0 Å². The lowest BCUT2D eigenvalue weighted by atomic mass is 10.5. The van der Waals surface area contributed by atoms with Crippen molar-refractivity contribution < 1.29 is 0 Å². The quantitative estimate of drug-likeness (QED) is 0.306. The fourth-order valence-electron chi connectivity index (χ4n) is 0.425. The van der Waals surface area contributed by atoms with E-state index in [0.717, 1.165) is 6.42 Å². The summed E-state index contributed by atoms with van der Waals surface area (Å²) in [7, 11) is 0. The summed E-state index contributed by atoms with van der Waals surface area (Å²) in [5, 5.41) is 8.10. The lowest BCUT2D eigenvalue weighted by Gasteiger charge is -1.83. The monoisotopic (exact) mass is 113 g/mol. The molecule has 0 aliphatic rings. The van der Waals surface area contributed by atoms with Crippen LogP contribution in [-0.4, -0.2) is 0 Å². The highest BCUT2D eigenvalue weighted by Gasteiger charge is 1.77. The van der Waals surface area contributed by atoms with Crippen molar-refractivity contribution >= 4 is 0 Å². The van der Waals surface area contributed by atoms with Crippen LogP contribution in [0.3, 0.4) is 0 Å². The Hall–Kier alpha value is -0.770. The fourth-order valence-corrected chi connectivity index (χ4v) is 0.425. The third kappa shape index (κ3) is 5.23. The maximum Gasteiger partial charge on any atom is 0.0625 e. The summed E-state index contributed by atoms with van der Waals surface area (Å²) in [6.07, 6.45) is 3.62. The van der Waals surface area contributed by atoms with Crippen LogP contribution in [0.5, 0.6) is 0 Å². The molecule has 8 heavy (non-hydrogen) atoms. The van der Waals surface area contributed by atoms with Crippen molar-refractivity contribution in [1.82, 2.24) is 0 Å². The molecule has 0 aromatic carbocycles. The largest absolute Gasteiger partial charge is 0.198 e. The molecule has 0 rings (SSSR count). The Kier molecular flexibility index (Phi) is 3.97. The minimum Gasteiger partial charge on any atom is -0.198 e. The predicted molar refractivity (Wildman–Crippen MR) is 34.3 cm³/mol. The normalized spacial score (nSPS) is 7.62. The van der Waals surface area contributed by atoms with Crippen molar-refractivity contribution in [3.8, 4) is 6.07 Å². The first-order chi connectivity index (χ1) is 3.77. The van der Waals surface area contributed by atoms with Gasteiger partial charge >= 0.3 is 0 Å². The second kappa shape index (κ2) is 4.39. The molecule has 0 N–H and O–H groups in total. The van der Waals surface area contributed by atoms with E-state index in [1.165, 1.54) is 5.57 Å². The summed E-state index contributed by atoms with van der Waals surface area (Å²) >= 11 is 0. The molecule has 0 fully saturated rings. The third-order valence-electron chi connectivity index (χ3n) is 0.809. The first-order valence-electron chi connectivity index (χ1n) is 2.77. The van der Waals surface area contributed by atoms with Gasteiger partial charge in [0, 0.05) is 6.42 Å². The van der Waals surface area contributed by atoms with Crippen LogP contribution in [0.1, 0.15) is 26.7 Å². The molecule has 0 heterocycles. The lowest BCUT2D eigenvalue weighted by Crippen LogP contribution is -1.66. The van der Waals surface area contributed by atoms with Gasteiger partial charge in [0.15, 0.2) is 0 Å². The molecule has 0 atom stereocenters. The number of nitriles is 1. The van der Waals surface area contributed by atoms with Gasteiger partial charge in [0.2, 0.25) is 0 Å². The number of allylic oxidation sites excluding steroid dienone is 2. The average Bonchev–Trinajstić information content (AvgIpc) is 1.66. The molecule has 0 saturated heterocycles. The molecule has 44 valence electrons. The fraction of sp³-hybridized carbons (Fsp3) is 0.571. The Bertz CT molecular complexity index is 113. The Morgan fingerprint density at radius 2 is 2.25 bits per heavy atom. The molecule has 0 radical (unpaired) electrons. The minimum absolute atomic E-state index is 0.644. The van der Waals surface area contributed by atoms with E-state index in [1.54, 1.807) is 0 Å². The lowest BCUT2D eigenvalue weighted by molar-refractivity contribution is 1.04. The summed E-state index contributed by atoms with van der Waals surface area (Å²) < 4.78 is 0. The maximum absolute atomic E-state index is 8.10. The summed E-state index contributed by atoms with van der Waals surface area (Å²) in [4.78, 5) is 0. The average molecular weight is 113 g/mol. The molecule has 0 aliphatic heterocycles. The molecule has 0 bridgehead atoms. The van der Waals surface area contributed by atoms with E-state index >= 15 is 0 Å². The molecule has 1 heteroatoms. The molecule has 0 aromatic rings. The number of nitrogens with zero attached hydrogens (tertiary/aromatic N) is 1. The number of hydrogen-bond donors (Lipinski definition) is 0. The van der Waals surface area contributed by atoms with Crippen molar-refractivity contribution in [3.63, 3.8) is 0 Å². The van der Waals surface area contributed by atoms with Crippen molar-refractivity contribution in [2.24, 2.45) is 0 Å². The first-order valence-corrected chi connectivity index (χ1v) is 2.77. The van der Waals surface area contributed by atoms with Gasteiger partial charge in [-0.05, 0) is 20.3 Å². The van der Waals surface area contributed by atoms with E-state index < -0.39 is 0 Å². The number of unbranched alkanes of at least 4 members (excludes halogenated alkanes) is 1. The SMILES string of the molecule is CC(C)=[13CH][13CH2][13CH2][13C]#N. The Morgan fingerprint density at radius 1 is 1.62 bits per heavy atom. The van der Waals surface area contributed by atoms with Crippen LogP contribution in [0.2, 0.25) is 0 Å². The molecule has 0 unspecified atom stereocenters. The van der Waals surface area contributed by atoms with Gasteiger partial charge in [-0.2, -0.15) is 5.26 Å². The van der Waals surface area contributed by atoms with Gasteiger partial charge in [0.1, 0.15) is 0 Å². The molecule has 0 saturated carbocycles. The molecule has 0 aromatic heterocycles. The van der Waals surface area contributed by atoms with Gasteiger partial charge < -0.3 is 0 Å². The zero-order chi connectivity index (χ0) is 6.41. The zero-order valence-electron chi connectivity index (χ0n) is 5.44. The van der Waals surface area contributed by atoms with E-state index in [4.69, 9.17) is 5.26 Å². The van der Waals surface area contributed by atoms with Gasteiger partial charge in [0.05, 0.1) is 6.07 Å². The molecular weight excluding hydrogens is 102 g/mol. The van der Waals surface area contributed by atoms with E-state index in [-0.39, 0.29) is 0 Å². The van der Waals surface area contributed by atoms with Gasteiger partial charge in [0.25, 0.3) is 0 Å². The van der Waals surface area contributed by atoms with Crippen molar-refractivity contribution in [1.29, 1.82) is 5.26 Å². The maximum atomic E-state index is 8.10. The summed E-state index contributed by atoms with van der Waals surface area (Å²) in [6, 6.07) is 2.08. The van der Waals surface area contributed by atoms with E-state index in [0.29, 0.717) is 6.42 Å². The Morgan fingerprint density at radius 3 is 2.62 bits per heavy atom. The molecular formula is C7H11N. The highest BCUT2D eigenvalue weighted by atomic mass is 14.7. The van der Waals surface area contributed by atoms with Gasteiger partial charge in [-0.15, -0.1) is 0 Å². The van der Waals surface area contributed by atoms with Crippen LogP contribution in [-0.2, 0) is 0 Å².